The summed E-state index contributed by atoms with van der Waals surface area (Å²) < 4.78 is 22.3. The molecule has 0 amide bonds. The molecule has 0 radical (unpaired) electrons. The number of fused-ring (bicyclic) bond motifs is 2. The molecule has 0 fully saturated rings. The fourth-order valence-corrected chi connectivity index (χ4v) is 3.23. The summed E-state index contributed by atoms with van der Waals surface area (Å²) in [6, 6.07) is 12.3. The molecule has 2 aromatic carbocycles. The number of ether oxygens (including phenoxy) is 4. The first-order valence-corrected chi connectivity index (χ1v) is 10.2. The maximum absolute atomic E-state index is 5.71. The van der Waals surface area contributed by atoms with Crippen molar-refractivity contribution in [3.05, 3.63) is 47.5 Å². The monoisotopic (exact) mass is 398 g/mol. The van der Waals surface area contributed by atoms with E-state index in [4.69, 9.17) is 18.9 Å². The van der Waals surface area contributed by atoms with Gasteiger partial charge in [-0.2, -0.15) is 0 Å². The van der Waals surface area contributed by atoms with E-state index in [1.165, 1.54) is 11.1 Å². The standard InChI is InChI=1S/C13H18O2.C12H16O2/c1-12(2,3)9-6-7-10-11(8-9)15-13(4,5)14-10;1-8-13-10-6-5-9(12(2,3)4)7-11(10)14-8/h6-8H,1-5H3;5-8H,1-4H3. The van der Waals surface area contributed by atoms with Crippen molar-refractivity contribution in [2.45, 2.75) is 85.2 Å². The fourth-order valence-electron chi connectivity index (χ4n) is 3.23. The van der Waals surface area contributed by atoms with Crippen molar-refractivity contribution >= 4 is 0 Å². The van der Waals surface area contributed by atoms with Crippen LogP contribution in [0.5, 0.6) is 23.0 Å². The summed E-state index contributed by atoms with van der Waals surface area (Å²) in [7, 11) is 0. The molecule has 0 aromatic heterocycles. The van der Waals surface area contributed by atoms with E-state index >= 15 is 0 Å². The van der Waals surface area contributed by atoms with Gasteiger partial charge in [-0.05, 0) is 46.2 Å². The molecule has 0 spiro atoms. The molecule has 4 nitrogen and oxygen atoms in total. The van der Waals surface area contributed by atoms with Crippen LogP contribution in [0.3, 0.4) is 0 Å². The largest absolute Gasteiger partial charge is 0.451 e. The Morgan fingerprint density at radius 2 is 1.10 bits per heavy atom. The van der Waals surface area contributed by atoms with E-state index in [9.17, 15) is 0 Å². The summed E-state index contributed by atoms with van der Waals surface area (Å²) in [6.07, 6.45) is -0.153. The quantitative estimate of drug-likeness (QED) is 0.501. The van der Waals surface area contributed by atoms with E-state index in [2.05, 4.69) is 65.8 Å². The molecule has 2 aliphatic rings. The van der Waals surface area contributed by atoms with E-state index < -0.39 is 5.79 Å². The topological polar surface area (TPSA) is 36.9 Å². The first-order chi connectivity index (χ1) is 13.2. The first kappa shape index (κ1) is 21.4. The molecule has 2 heterocycles. The molecule has 158 valence electrons. The lowest BCUT2D eigenvalue weighted by atomic mass is 9.87. The van der Waals surface area contributed by atoms with Gasteiger partial charge in [0, 0.05) is 20.8 Å². The van der Waals surface area contributed by atoms with Crippen molar-refractivity contribution in [1.29, 1.82) is 0 Å². The second-order valence-electron chi connectivity index (χ2n) is 10.2. The highest BCUT2D eigenvalue weighted by Crippen LogP contribution is 2.41. The van der Waals surface area contributed by atoms with Crippen molar-refractivity contribution in [2.75, 3.05) is 0 Å². The number of hydrogen-bond donors (Lipinski definition) is 0. The van der Waals surface area contributed by atoms with Crippen LogP contribution in [0.25, 0.3) is 0 Å². The van der Waals surface area contributed by atoms with Gasteiger partial charge in [0.2, 0.25) is 12.1 Å². The van der Waals surface area contributed by atoms with Gasteiger partial charge in [0.05, 0.1) is 0 Å². The van der Waals surface area contributed by atoms with Gasteiger partial charge in [-0.25, -0.2) is 0 Å². The molecule has 0 aliphatic carbocycles. The van der Waals surface area contributed by atoms with Crippen LogP contribution >= 0.6 is 0 Å². The zero-order valence-corrected chi connectivity index (χ0v) is 19.2. The lowest BCUT2D eigenvalue weighted by Gasteiger charge is -2.19. The predicted octanol–water partition coefficient (Wildman–Crippen LogP) is 6.59. The highest BCUT2D eigenvalue weighted by molar-refractivity contribution is 5.47. The summed E-state index contributed by atoms with van der Waals surface area (Å²) in [6.45, 7) is 18.9. The summed E-state index contributed by atoms with van der Waals surface area (Å²) >= 11 is 0. The van der Waals surface area contributed by atoms with Crippen molar-refractivity contribution in [3.63, 3.8) is 0 Å². The molecular weight excluding hydrogens is 364 g/mol. The number of rotatable bonds is 0. The fraction of sp³-hybridized carbons (Fsp3) is 0.520. The van der Waals surface area contributed by atoms with Crippen molar-refractivity contribution in [1.82, 2.24) is 0 Å². The third-order valence-corrected chi connectivity index (χ3v) is 4.92. The number of benzene rings is 2. The minimum atomic E-state index is -0.529. The van der Waals surface area contributed by atoms with Crippen molar-refractivity contribution in [3.8, 4) is 23.0 Å². The Labute approximate surface area is 175 Å². The molecule has 2 aliphatic heterocycles. The Morgan fingerprint density at radius 1 is 0.655 bits per heavy atom. The van der Waals surface area contributed by atoms with Gasteiger partial charge in [-0.15, -0.1) is 0 Å². The van der Waals surface area contributed by atoms with Gasteiger partial charge in [0.1, 0.15) is 0 Å². The number of hydrogen-bond acceptors (Lipinski definition) is 4. The van der Waals surface area contributed by atoms with Gasteiger partial charge in [-0.3, -0.25) is 0 Å². The maximum Gasteiger partial charge on any atom is 0.246 e. The molecule has 0 bridgehead atoms. The molecule has 4 heteroatoms. The molecule has 0 saturated heterocycles. The van der Waals surface area contributed by atoms with Crippen LogP contribution in [0, 0.1) is 0 Å². The second kappa shape index (κ2) is 7.16. The molecule has 29 heavy (non-hydrogen) atoms. The van der Waals surface area contributed by atoms with Gasteiger partial charge in [0.15, 0.2) is 23.0 Å². The van der Waals surface area contributed by atoms with Crippen LogP contribution in [-0.2, 0) is 10.8 Å². The minimum absolute atomic E-state index is 0.144. The smallest absolute Gasteiger partial charge is 0.246 e. The normalized spacial score (nSPS) is 18.9. The van der Waals surface area contributed by atoms with Crippen LogP contribution in [-0.4, -0.2) is 12.1 Å². The zero-order chi connectivity index (χ0) is 21.6. The van der Waals surface area contributed by atoms with E-state index in [1.54, 1.807) is 0 Å². The highest BCUT2D eigenvalue weighted by Gasteiger charge is 2.32. The molecule has 0 N–H and O–H groups in total. The Balaban J connectivity index is 0.000000166. The van der Waals surface area contributed by atoms with E-state index in [-0.39, 0.29) is 17.1 Å². The van der Waals surface area contributed by atoms with Crippen molar-refractivity contribution < 1.29 is 18.9 Å². The van der Waals surface area contributed by atoms with Crippen LogP contribution < -0.4 is 18.9 Å². The second-order valence-corrected chi connectivity index (χ2v) is 10.2. The minimum Gasteiger partial charge on any atom is -0.451 e. The van der Waals surface area contributed by atoms with Crippen LogP contribution in [0.1, 0.15) is 73.4 Å². The Bertz CT molecular complexity index is 885. The van der Waals surface area contributed by atoms with E-state index in [0.29, 0.717) is 0 Å². The summed E-state index contributed by atoms with van der Waals surface area (Å²) in [5.41, 5.74) is 2.84. The van der Waals surface area contributed by atoms with Gasteiger partial charge in [-0.1, -0.05) is 53.7 Å². The first-order valence-electron chi connectivity index (χ1n) is 10.2. The Kier molecular flexibility index (Phi) is 5.27. The summed E-state index contributed by atoms with van der Waals surface area (Å²) in [5.74, 6) is 2.88. The van der Waals surface area contributed by atoms with Gasteiger partial charge in [0.25, 0.3) is 0 Å². The Hall–Kier alpha value is -2.36. The van der Waals surface area contributed by atoms with Gasteiger partial charge >= 0.3 is 0 Å². The molecule has 1 unspecified atom stereocenters. The third kappa shape index (κ3) is 4.98. The molecule has 2 aromatic rings. The van der Waals surface area contributed by atoms with Crippen LogP contribution in [0.2, 0.25) is 0 Å². The SMILES string of the molecule is CC1(C)Oc2ccc(C(C)(C)C)cc2O1.CC1Oc2ccc(C(C)(C)C)cc2O1. The summed E-state index contributed by atoms with van der Waals surface area (Å²) in [4.78, 5) is 0. The van der Waals surface area contributed by atoms with Crippen molar-refractivity contribution in [2.24, 2.45) is 0 Å². The third-order valence-electron chi connectivity index (χ3n) is 4.92. The van der Waals surface area contributed by atoms with E-state index in [1.807, 2.05) is 32.9 Å². The molecule has 4 rings (SSSR count). The molecule has 0 saturated carbocycles. The zero-order valence-electron chi connectivity index (χ0n) is 19.2. The Morgan fingerprint density at radius 3 is 1.66 bits per heavy atom. The van der Waals surface area contributed by atoms with Crippen LogP contribution in [0.4, 0.5) is 0 Å². The molecular formula is C25H34O4. The molecule has 1 atom stereocenters. The highest BCUT2D eigenvalue weighted by atomic mass is 16.7. The predicted molar refractivity (Wildman–Crippen MR) is 116 cm³/mol. The lowest BCUT2D eigenvalue weighted by molar-refractivity contribution is -0.0431. The van der Waals surface area contributed by atoms with Crippen LogP contribution in [0.15, 0.2) is 36.4 Å². The lowest BCUT2D eigenvalue weighted by Crippen LogP contribution is -2.29. The van der Waals surface area contributed by atoms with E-state index in [0.717, 1.165) is 23.0 Å². The van der Waals surface area contributed by atoms with Gasteiger partial charge < -0.3 is 18.9 Å². The average molecular weight is 399 g/mol. The maximum atomic E-state index is 5.71. The summed E-state index contributed by atoms with van der Waals surface area (Å²) in [5, 5.41) is 0. The average Bonchev–Trinajstić information content (AvgIpc) is 3.08.